The number of fused-ring (bicyclic) bond motifs is 2. The third-order valence-corrected chi connectivity index (χ3v) is 7.33. The fourth-order valence-electron chi connectivity index (χ4n) is 6.59. The van der Waals surface area contributed by atoms with E-state index in [4.69, 9.17) is 5.10 Å². The molecule has 1 aliphatic heterocycles. The van der Waals surface area contributed by atoms with Crippen LogP contribution >= 0.6 is 0 Å². The van der Waals surface area contributed by atoms with Gasteiger partial charge in [0, 0.05) is 11.8 Å². The van der Waals surface area contributed by atoms with Crippen LogP contribution < -0.4 is 0 Å². The summed E-state index contributed by atoms with van der Waals surface area (Å²) in [6.45, 7) is 0.984. The highest BCUT2D eigenvalue weighted by atomic mass is 15.3. The zero-order chi connectivity index (χ0) is 15.0. The van der Waals surface area contributed by atoms with E-state index in [2.05, 4.69) is 33.9 Å². The van der Waals surface area contributed by atoms with E-state index < -0.39 is 0 Å². The van der Waals surface area contributed by atoms with Gasteiger partial charge in [-0.05, 0) is 67.4 Å². The van der Waals surface area contributed by atoms with Crippen LogP contribution in [0.5, 0.6) is 0 Å². The van der Waals surface area contributed by atoms with Crippen LogP contribution in [0.4, 0.5) is 0 Å². The van der Waals surface area contributed by atoms with E-state index in [1.807, 2.05) is 0 Å². The van der Waals surface area contributed by atoms with Gasteiger partial charge in [0.05, 0.1) is 6.54 Å². The Labute approximate surface area is 137 Å². The van der Waals surface area contributed by atoms with Gasteiger partial charge in [-0.1, -0.05) is 24.3 Å². The van der Waals surface area contributed by atoms with Crippen LogP contribution in [-0.4, -0.2) is 14.8 Å². The molecule has 2 heterocycles. The molecule has 0 N–H and O–H groups in total. The Morgan fingerprint density at radius 3 is 2.52 bits per heavy atom. The molecule has 2 unspecified atom stereocenters. The van der Waals surface area contributed by atoms with Crippen molar-refractivity contribution in [1.82, 2.24) is 14.8 Å². The SMILES string of the molecule is c1ccc2c(c1)CCc1nnc(C34CC5CC(CC3C5)C4)n1C2. The predicted molar refractivity (Wildman–Crippen MR) is 88.2 cm³/mol. The lowest BCUT2D eigenvalue weighted by Crippen LogP contribution is -2.32. The highest BCUT2D eigenvalue weighted by Crippen LogP contribution is 2.65. The summed E-state index contributed by atoms with van der Waals surface area (Å²) in [5, 5.41) is 9.45. The Balaban J connectivity index is 1.48. The molecule has 2 atom stereocenters. The van der Waals surface area contributed by atoms with Gasteiger partial charge in [0.25, 0.3) is 0 Å². The standard InChI is InChI=1S/C20H23N3/c1-2-4-16-12-23-18(6-5-15(16)3-1)21-22-19(23)20-10-13-7-14(11-20)9-17(20)8-13/h1-4,13-14,17H,5-12H2. The number of rotatable bonds is 1. The van der Waals surface area contributed by atoms with Crippen molar-refractivity contribution in [2.24, 2.45) is 17.8 Å². The maximum absolute atomic E-state index is 4.80. The number of hydrogen-bond acceptors (Lipinski definition) is 2. The van der Waals surface area contributed by atoms with Crippen LogP contribution in [0.15, 0.2) is 24.3 Å². The molecule has 1 aromatic carbocycles. The first kappa shape index (κ1) is 12.7. The summed E-state index contributed by atoms with van der Waals surface area (Å²) < 4.78 is 2.51. The van der Waals surface area contributed by atoms with E-state index in [0.717, 1.165) is 37.1 Å². The average Bonchev–Trinajstić information content (AvgIpc) is 3.09. The predicted octanol–water partition coefficient (Wildman–Crippen LogP) is 3.50. The normalized spacial score (nSPS) is 36.8. The Hall–Kier alpha value is -1.64. The van der Waals surface area contributed by atoms with Crippen LogP contribution in [0.3, 0.4) is 0 Å². The van der Waals surface area contributed by atoms with Crippen LogP contribution in [0.25, 0.3) is 0 Å². The van der Waals surface area contributed by atoms with Gasteiger partial charge in [0.15, 0.2) is 0 Å². The summed E-state index contributed by atoms with van der Waals surface area (Å²) in [6, 6.07) is 8.93. The minimum atomic E-state index is 0.373. The zero-order valence-corrected chi connectivity index (χ0v) is 13.5. The highest BCUT2D eigenvalue weighted by Gasteiger charge is 2.60. The molecule has 5 aliphatic rings. The van der Waals surface area contributed by atoms with Crippen LogP contribution in [0.1, 0.15) is 54.9 Å². The number of aryl methyl sites for hydroxylation is 2. The van der Waals surface area contributed by atoms with E-state index >= 15 is 0 Å². The molecule has 0 saturated heterocycles. The molecule has 7 rings (SSSR count). The van der Waals surface area contributed by atoms with Gasteiger partial charge < -0.3 is 4.57 Å². The molecule has 1 aromatic heterocycles. The molecule has 3 nitrogen and oxygen atoms in total. The Morgan fingerprint density at radius 1 is 0.913 bits per heavy atom. The molecule has 118 valence electrons. The molecule has 0 spiro atoms. The second-order valence-corrected chi connectivity index (χ2v) is 8.50. The summed E-state index contributed by atoms with van der Waals surface area (Å²) in [4.78, 5) is 0. The number of hydrogen-bond donors (Lipinski definition) is 0. The Morgan fingerprint density at radius 2 is 1.70 bits per heavy atom. The second kappa shape index (κ2) is 4.25. The van der Waals surface area contributed by atoms with Crippen LogP contribution in [-0.2, 0) is 24.8 Å². The monoisotopic (exact) mass is 305 g/mol. The van der Waals surface area contributed by atoms with Crippen LogP contribution in [0, 0.1) is 17.8 Å². The van der Waals surface area contributed by atoms with Gasteiger partial charge in [-0.25, -0.2) is 0 Å². The zero-order valence-electron chi connectivity index (χ0n) is 13.5. The number of benzene rings is 1. The molecule has 4 bridgehead atoms. The van der Waals surface area contributed by atoms with Gasteiger partial charge in [-0.15, -0.1) is 10.2 Å². The van der Waals surface area contributed by atoms with Crippen molar-refractivity contribution in [1.29, 1.82) is 0 Å². The summed E-state index contributed by atoms with van der Waals surface area (Å²) in [5.41, 5.74) is 3.35. The van der Waals surface area contributed by atoms with Gasteiger partial charge in [-0.2, -0.15) is 0 Å². The molecular formula is C20H23N3. The van der Waals surface area contributed by atoms with Crippen molar-refractivity contribution in [3.05, 3.63) is 47.0 Å². The third kappa shape index (κ3) is 1.61. The van der Waals surface area contributed by atoms with E-state index in [1.54, 1.807) is 0 Å². The summed E-state index contributed by atoms with van der Waals surface area (Å²) in [5.74, 6) is 5.39. The molecule has 0 radical (unpaired) electrons. The first-order chi connectivity index (χ1) is 11.3. The summed E-state index contributed by atoms with van der Waals surface area (Å²) in [6.07, 6.45) is 9.31. The molecule has 3 heteroatoms. The molecule has 4 aliphatic carbocycles. The molecule has 23 heavy (non-hydrogen) atoms. The van der Waals surface area contributed by atoms with E-state index in [9.17, 15) is 0 Å². The number of aromatic nitrogens is 3. The second-order valence-electron chi connectivity index (χ2n) is 8.50. The van der Waals surface area contributed by atoms with Crippen molar-refractivity contribution >= 4 is 0 Å². The molecular weight excluding hydrogens is 282 g/mol. The third-order valence-electron chi connectivity index (χ3n) is 7.33. The minimum Gasteiger partial charge on any atom is -0.310 e. The van der Waals surface area contributed by atoms with Crippen molar-refractivity contribution < 1.29 is 0 Å². The first-order valence-corrected chi connectivity index (χ1v) is 9.31. The Bertz CT molecular complexity index is 776. The molecule has 4 fully saturated rings. The lowest BCUT2D eigenvalue weighted by Gasteiger charge is -2.32. The molecule has 4 saturated carbocycles. The molecule has 0 amide bonds. The van der Waals surface area contributed by atoms with E-state index in [0.29, 0.717) is 5.41 Å². The minimum absolute atomic E-state index is 0.373. The average molecular weight is 305 g/mol. The van der Waals surface area contributed by atoms with Crippen molar-refractivity contribution in [3.63, 3.8) is 0 Å². The fourth-order valence-corrected chi connectivity index (χ4v) is 6.59. The Kier molecular flexibility index (Phi) is 2.36. The van der Waals surface area contributed by atoms with Crippen molar-refractivity contribution in [2.75, 3.05) is 0 Å². The lowest BCUT2D eigenvalue weighted by molar-refractivity contribution is 0.257. The topological polar surface area (TPSA) is 30.7 Å². The van der Waals surface area contributed by atoms with Gasteiger partial charge in [0.1, 0.15) is 11.6 Å². The van der Waals surface area contributed by atoms with Crippen molar-refractivity contribution in [2.45, 2.75) is 56.9 Å². The number of nitrogens with zero attached hydrogens (tertiary/aromatic N) is 3. The van der Waals surface area contributed by atoms with E-state index in [-0.39, 0.29) is 0 Å². The fraction of sp³-hybridized carbons (Fsp3) is 0.600. The van der Waals surface area contributed by atoms with E-state index in [1.165, 1.54) is 54.9 Å². The van der Waals surface area contributed by atoms with Gasteiger partial charge in [-0.3, -0.25) is 0 Å². The van der Waals surface area contributed by atoms with Gasteiger partial charge >= 0.3 is 0 Å². The van der Waals surface area contributed by atoms with Crippen molar-refractivity contribution in [3.8, 4) is 0 Å². The largest absolute Gasteiger partial charge is 0.310 e. The smallest absolute Gasteiger partial charge is 0.139 e. The van der Waals surface area contributed by atoms with Gasteiger partial charge in [0.2, 0.25) is 0 Å². The first-order valence-electron chi connectivity index (χ1n) is 9.31. The molecule has 2 aromatic rings. The lowest BCUT2D eigenvalue weighted by atomic mass is 9.75. The van der Waals surface area contributed by atoms with Crippen LogP contribution in [0.2, 0.25) is 0 Å². The highest BCUT2D eigenvalue weighted by molar-refractivity contribution is 5.32. The quantitative estimate of drug-likeness (QED) is 0.807. The maximum atomic E-state index is 4.80. The summed E-state index contributed by atoms with van der Waals surface area (Å²) in [7, 11) is 0. The maximum Gasteiger partial charge on any atom is 0.139 e. The summed E-state index contributed by atoms with van der Waals surface area (Å²) >= 11 is 0.